The van der Waals surface area contributed by atoms with E-state index in [-0.39, 0.29) is 5.91 Å². The van der Waals surface area contributed by atoms with E-state index in [0.717, 1.165) is 21.2 Å². The molecule has 0 aliphatic heterocycles. The highest BCUT2D eigenvalue weighted by Gasteiger charge is 2.14. The third kappa shape index (κ3) is 5.89. The van der Waals surface area contributed by atoms with Gasteiger partial charge in [0.2, 0.25) is 0 Å². The third-order valence-electron chi connectivity index (χ3n) is 4.67. The summed E-state index contributed by atoms with van der Waals surface area (Å²) in [5.74, 6) is 1.22. The molecule has 3 rings (SSSR count). The van der Waals surface area contributed by atoms with E-state index in [1.165, 1.54) is 13.3 Å². The van der Waals surface area contributed by atoms with Gasteiger partial charge in [-0.3, -0.25) is 4.79 Å². The maximum absolute atomic E-state index is 12.5. The standard InChI is InChI=1S/C24H22Br2N2O4/c1-15-6-4-5-7-17(15)14-32-23-20(26)10-16(11-22(23)31-3)13-27-28-24(29)19-12-18(25)8-9-21(19)30-2/h4-13H,14H2,1-3H3,(H,28,29)/b27-13-. The average Bonchev–Trinajstić information content (AvgIpc) is 2.79. The number of carbonyl (C=O) groups is 1. The molecule has 0 radical (unpaired) electrons. The van der Waals surface area contributed by atoms with Crippen LogP contribution in [0.4, 0.5) is 0 Å². The van der Waals surface area contributed by atoms with Crippen molar-refractivity contribution in [3.63, 3.8) is 0 Å². The molecule has 0 aromatic heterocycles. The predicted molar refractivity (Wildman–Crippen MR) is 132 cm³/mol. The molecule has 0 heterocycles. The normalized spacial score (nSPS) is 10.8. The van der Waals surface area contributed by atoms with E-state index in [1.807, 2.05) is 37.3 Å². The van der Waals surface area contributed by atoms with Gasteiger partial charge in [-0.15, -0.1) is 0 Å². The molecule has 6 nitrogen and oxygen atoms in total. The molecule has 0 unspecified atom stereocenters. The first-order valence-electron chi connectivity index (χ1n) is 9.64. The van der Waals surface area contributed by atoms with Gasteiger partial charge in [0.05, 0.1) is 30.5 Å². The van der Waals surface area contributed by atoms with Crippen LogP contribution >= 0.6 is 31.9 Å². The fourth-order valence-corrected chi connectivity index (χ4v) is 3.89. The molecular formula is C24H22Br2N2O4. The first-order chi connectivity index (χ1) is 15.4. The van der Waals surface area contributed by atoms with Crippen LogP contribution in [0.5, 0.6) is 17.2 Å². The van der Waals surface area contributed by atoms with E-state index in [0.29, 0.717) is 33.9 Å². The van der Waals surface area contributed by atoms with E-state index in [2.05, 4.69) is 42.4 Å². The molecule has 0 atom stereocenters. The highest BCUT2D eigenvalue weighted by Crippen LogP contribution is 2.37. The first-order valence-corrected chi connectivity index (χ1v) is 11.2. The smallest absolute Gasteiger partial charge is 0.275 e. The lowest BCUT2D eigenvalue weighted by atomic mass is 10.1. The Hall–Kier alpha value is -2.84. The summed E-state index contributed by atoms with van der Waals surface area (Å²) in [6.07, 6.45) is 1.53. The fourth-order valence-electron chi connectivity index (χ4n) is 2.96. The number of hydrogen-bond acceptors (Lipinski definition) is 5. The van der Waals surface area contributed by atoms with Crippen LogP contribution in [0.25, 0.3) is 0 Å². The van der Waals surface area contributed by atoms with Crippen molar-refractivity contribution in [2.45, 2.75) is 13.5 Å². The number of carbonyl (C=O) groups excluding carboxylic acids is 1. The van der Waals surface area contributed by atoms with E-state index >= 15 is 0 Å². The zero-order valence-electron chi connectivity index (χ0n) is 17.8. The maximum Gasteiger partial charge on any atom is 0.275 e. The van der Waals surface area contributed by atoms with Gasteiger partial charge in [-0.2, -0.15) is 5.10 Å². The predicted octanol–water partition coefficient (Wildman–Crippen LogP) is 5.88. The van der Waals surface area contributed by atoms with Crippen LogP contribution in [0.1, 0.15) is 27.0 Å². The largest absolute Gasteiger partial charge is 0.496 e. The number of nitrogens with one attached hydrogen (secondary N) is 1. The highest BCUT2D eigenvalue weighted by molar-refractivity contribution is 9.10. The topological polar surface area (TPSA) is 69.2 Å². The van der Waals surface area contributed by atoms with E-state index < -0.39 is 0 Å². The van der Waals surface area contributed by atoms with Crippen LogP contribution in [0.2, 0.25) is 0 Å². The molecule has 0 saturated heterocycles. The van der Waals surface area contributed by atoms with E-state index in [9.17, 15) is 4.79 Å². The zero-order chi connectivity index (χ0) is 23.1. The minimum atomic E-state index is -0.386. The Balaban J connectivity index is 1.73. The van der Waals surface area contributed by atoms with Crippen LogP contribution in [-0.2, 0) is 6.61 Å². The van der Waals surface area contributed by atoms with Crippen LogP contribution in [0, 0.1) is 6.92 Å². The second-order valence-corrected chi connectivity index (χ2v) is 8.56. The Morgan fingerprint density at radius 1 is 1.03 bits per heavy atom. The second-order valence-electron chi connectivity index (χ2n) is 6.79. The fraction of sp³-hybridized carbons (Fsp3) is 0.167. The van der Waals surface area contributed by atoms with Gasteiger partial charge in [-0.1, -0.05) is 40.2 Å². The number of ether oxygens (including phenoxy) is 3. The summed E-state index contributed by atoms with van der Waals surface area (Å²) in [7, 11) is 3.08. The zero-order valence-corrected chi connectivity index (χ0v) is 21.0. The summed E-state index contributed by atoms with van der Waals surface area (Å²) in [5.41, 5.74) is 5.86. The van der Waals surface area contributed by atoms with Gasteiger partial charge in [0.25, 0.3) is 5.91 Å². The summed E-state index contributed by atoms with van der Waals surface area (Å²) in [4.78, 5) is 12.5. The lowest BCUT2D eigenvalue weighted by Gasteiger charge is -2.14. The quantitative estimate of drug-likeness (QED) is 0.275. The molecule has 166 valence electrons. The maximum atomic E-state index is 12.5. The lowest BCUT2D eigenvalue weighted by molar-refractivity contribution is 0.0952. The number of halogens is 2. The number of amides is 1. The summed E-state index contributed by atoms with van der Waals surface area (Å²) < 4.78 is 18.2. The minimum Gasteiger partial charge on any atom is -0.496 e. The van der Waals surface area contributed by atoms with Crippen molar-refractivity contribution in [3.8, 4) is 17.2 Å². The Morgan fingerprint density at radius 3 is 2.50 bits per heavy atom. The molecule has 0 spiro atoms. The number of nitrogens with zero attached hydrogens (tertiary/aromatic N) is 1. The van der Waals surface area contributed by atoms with Gasteiger partial charge in [0.15, 0.2) is 11.5 Å². The molecule has 0 aliphatic carbocycles. The van der Waals surface area contributed by atoms with Gasteiger partial charge in [-0.25, -0.2) is 5.43 Å². The second kappa shape index (κ2) is 11.2. The van der Waals surface area contributed by atoms with Crippen molar-refractivity contribution in [1.29, 1.82) is 0 Å². The number of methoxy groups -OCH3 is 2. The van der Waals surface area contributed by atoms with Crippen LogP contribution in [0.3, 0.4) is 0 Å². The molecule has 0 fully saturated rings. The van der Waals surface area contributed by atoms with Gasteiger partial charge < -0.3 is 14.2 Å². The molecule has 8 heteroatoms. The average molecular weight is 562 g/mol. The number of aryl methyl sites for hydroxylation is 1. The monoisotopic (exact) mass is 560 g/mol. The van der Waals surface area contributed by atoms with Crippen LogP contribution < -0.4 is 19.6 Å². The highest BCUT2D eigenvalue weighted by atomic mass is 79.9. The Bertz CT molecular complexity index is 1150. The number of hydrogen-bond donors (Lipinski definition) is 1. The molecule has 0 aliphatic rings. The van der Waals surface area contributed by atoms with Crippen LogP contribution in [-0.4, -0.2) is 26.3 Å². The third-order valence-corrected chi connectivity index (χ3v) is 5.75. The molecule has 0 saturated carbocycles. The van der Waals surface area contributed by atoms with Crippen molar-refractivity contribution in [2.75, 3.05) is 14.2 Å². The molecule has 3 aromatic carbocycles. The first kappa shape index (κ1) is 23.8. The summed E-state index contributed by atoms with van der Waals surface area (Å²) in [5, 5.41) is 4.06. The summed E-state index contributed by atoms with van der Waals surface area (Å²) in [6.45, 7) is 2.46. The van der Waals surface area contributed by atoms with Gasteiger partial charge in [-0.05, 0) is 69.9 Å². The molecule has 3 aromatic rings. The van der Waals surface area contributed by atoms with Gasteiger partial charge in [0, 0.05) is 4.47 Å². The van der Waals surface area contributed by atoms with Crippen molar-refractivity contribution >= 4 is 44.0 Å². The van der Waals surface area contributed by atoms with Gasteiger partial charge in [0.1, 0.15) is 12.4 Å². The Labute approximate surface area is 203 Å². The van der Waals surface area contributed by atoms with Crippen LogP contribution in [0.15, 0.2) is 68.6 Å². The van der Waals surface area contributed by atoms with Crippen molar-refractivity contribution in [1.82, 2.24) is 5.43 Å². The van der Waals surface area contributed by atoms with E-state index in [1.54, 1.807) is 31.4 Å². The van der Waals surface area contributed by atoms with Crippen molar-refractivity contribution in [2.24, 2.45) is 5.10 Å². The lowest BCUT2D eigenvalue weighted by Crippen LogP contribution is -2.18. The number of hydrazone groups is 1. The van der Waals surface area contributed by atoms with Crippen molar-refractivity contribution < 1.29 is 19.0 Å². The number of rotatable bonds is 8. The molecule has 1 N–H and O–H groups in total. The summed E-state index contributed by atoms with van der Waals surface area (Å²) >= 11 is 6.90. The van der Waals surface area contributed by atoms with E-state index in [4.69, 9.17) is 14.2 Å². The molecule has 1 amide bonds. The van der Waals surface area contributed by atoms with Gasteiger partial charge >= 0.3 is 0 Å². The summed E-state index contributed by atoms with van der Waals surface area (Å²) in [6, 6.07) is 16.8. The van der Waals surface area contributed by atoms with Crippen molar-refractivity contribution in [3.05, 3.63) is 85.8 Å². The Kier molecular flexibility index (Phi) is 8.30. The number of benzene rings is 3. The molecule has 32 heavy (non-hydrogen) atoms. The Morgan fingerprint density at radius 2 is 1.78 bits per heavy atom. The SMILES string of the molecule is COc1ccc(Br)cc1C(=O)N/N=C\c1cc(Br)c(OCc2ccccc2C)c(OC)c1. The molecule has 0 bridgehead atoms. The minimum absolute atomic E-state index is 0.373. The molecular weight excluding hydrogens is 540 g/mol.